The number of hydrogen-bond donors (Lipinski definition) is 1. The fourth-order valence-electron chi connectivity index (χ4n) is 1.91. The predicted octanol–water partition coefficient (Wildman–Crippen LogP) is 1.52. The summed E-state index contributed by atoms with van der Waals surface area (Å²) in [7, 11) is 0. The van der Waals surface area contributed by atoms with Crippen LogP contribution in [0.2, 0.25) is 0 Å². The molecule has 0 radical (unpaired) electrons. The van der Waals surface area contributed by atoms with Crippen LogP contribution in [0.15, 0.2) is 0 Å². The zero-order chi connectivity index (χ0) is 12.7. The van der Waals surface area contributed by atoms with Crippen LogP contribution in [0.3, 0.4) is 0 Å². The van der Waals surface area contributed by atoms with E-state index in [1.54, 1.807) is 0 Å². The summed E-state index contributed by atoms with van der Waals surface area (Å²) in [4.78, 5) is 25.0. The van der Waals surface area contributed by atoms with Gasteiger partial charge in [-0.1, -0.05) is 13.3 Å². The van der Waals surface area contributed by atoms with Gasteiger partial charge >= 0.3 is 6.09 Å². The first-order valence-corrected chi connectivity index (χ1v) is 6.33. The summed E-state index contributed by atoms with van der Waals surface area (Å²) in [6, 6.07) is 0. The second-order valence-electron chi connectivity index (χ2n) is 4.39. The van der Waals surface area contributed by atoms with Crippen LogP contribution in [0.1, 0.15) is 39.5 Å². The third kappa shape index (κ3) is 4.73. The quantitative estimate of drug-likeness (QED) is 0.717. The summed E-state index contributed by atoms with van der Waals surface area (Å²) in [6.45, 7) is 5.66. The normalized spacial score (nSPS) is 17.8. The molecule has 0 aromatic rings. The van der Waals surface area contributed by atoms with Crippen LogP contribution in [0.25, 0.3) is 0 Å². The van der Waals surface area contributed by atoms with Gasteiger partial charge in [-0.25, -0.2) is 4.79 Å². The number of alkyl carbamates (subject to hydrolysis) is 1. The van der Waals surface area contributed by atoms with Gasteiger partial charge in [-0.15, -0.1) is 0 Å². The van der Waals surface area contributed by atoms with E-state index in [1.165, 1.54) is 6.92 Å². The molecule has 0 bridgehead atoms. The number of ketones is 1. The van der Waals surface area contributed by atoms with Crippen molar-refractivity contribution in [1.82, 2.24) is 10.2 Å². The molecule has 1 heterocycles. The summed E-state index contributed by atoms with van der Waals surface area (Å²) >= 11 is 0. The molecule has 0 spiro atoms. The second kappa shape index (κ2) is 7.27. The smallest absolute Gasteiger partial charge is 0.408 e. The van der Waals surface area contributed by atoms with E-state index in [0.717, 1.165) is 38.8 Å². The fraction of sp³-hybridized carbons (Fsp3) is 0.833. The van der Waals surface area contributed by atoms with E-state index < -0.39 is 12.3 Å². The Bertz CT molecular complexity index is 262. The molecule has 0 aromatic carbocycles. The van der Waals surface area contributed by atoms with Gasteiger partial charge < -0.3 is 4.74 Å². The van der Waals surface area contributed by atoms with Crippen molar-refractivity contribution in [3.63, 3.8) is 0 Å². The molecule has 1 saturated heterocycles. The van der Waals surface area contributed by atoms with Crippen LogP contribution in [-0.4, -0.2) is 42.6 Å². The van der Waals surface area contributed by atoms with Crippen molar-refractivity contribution < 1.29 is 14.3 Å². The number of likely N-dealkylation sites (tertiary alicyclic amines) is 1. The Morgan fingerprint density at radius 2 is 2.00 bits per heavy atom. The maximum absolute atomic E-state index is 11.5. The highest BCUT2D eigenvalue weighted by molar-refractivity contribution is 5.85. The summed E-state index contributed by atoms with van der Waals surface area (Å²) in [5.41, 5.74) is 0. The van der Waals surface area contributed by atoms with E-state index in [2.05, 4.69) is 5.32 Å². The fourth-order valence-corrected chi connectivity index (χ4v) is 1.91. The van der Waals surface area contributed by atoms with E-state index in [4.69, 9.17) is 4.74 Å². The second-order valence-corrected chi connectivity index (χ2v) is 4.39. The molecule has 5 nitrogen and oxygen atoms in total. The van der Waals surface area contributed by atoms with Crippen LogP contribution in [0.5, 0.6) is 0 Å². The van der Waals surface area contributed by atoms with Crippen LogP contribution < -0.4 is 5.32 Å². The molecule has 1 atom stereocenters. The largest absolute Gasteiger partial charge is 0.450 e. The van der Waals surface area contributed by atoms with Crippen molar-refractivity contribution in [2.75, 3.05) is 19.7 Å². The van der Waals surface area contributed by atoms with Gasteiger partial charge in [-0.2, -0.15) is 0 Å². The lowest BCUT2D eigenvalue weighted by atomic mass is 10.3. The van der Waals surface area contributed by atoms with Gasteiger partial charge in [0, 0.05) is 13.1 Å². The molecule has 1 N–H and O–H groups in total. The highest BCUT2D eigenvalue weighted by Crippen LogP contribution is 2.11. The van der Waals surface area contributed by atoms with Crippen molar-refractivity contribution in [1.29, 1.82) is 0 Å². The number of hydrogen-bond acceptors (Lipinski definition) is 4. The number of carbonyl (C=O) groups is 2. The predicted molar refractivity (Wildman–Crippen MR) is 64.7 cm³/mol. The number of ether oxygens (including phenoxy) is 1. The van der Waals surface area contributed by atoms with E-state index in [-0.39, 0.29) is 5.78 Å². The average molecular weight is 242 g/mol. The Labute approximate surface area is 102 Å². The molecule has 1 fully saturated rings. The van der Waals surface area contributed by atoms with Crippen LogP contribution >= 0.6 is 0 Å². The Morgan fingerprint density at radius 3 is 2.53 bits per heavy atom. The average Bonchev–Trinajstić information content (AvgIpc) is 2.79. The molecule has 0 aliphatic carbocycles. The van der Waals surface area contributed by atoms with Crippen LogP contribution in [0.4, 0.5) is 4.79 Å². The Morgan fingerprint density at radius 1 is 1.35 bits per heavy atom. The number of Topliss-reactive ketones (excluding diaryl/α,β-unsaturated/α-hetero) is 1. The van der Waals surface area contributed by atoms with Crippen molar-refractivity contribution in [3.8, 4) is 0 Å². The SMILES string of the molecule is CCCCOC(=O)NC(C(C)=O)N1CCCC1. The Balaban J connectivity index is 2.37. The lowest BCUT2D eigenvalue weighted by Gasteiger charge is -2.25. The molecule has 17 heavy (non-hydrogen) atoms. The van der Waals surface area contributed by atoms with Gasteiger partial charge in [0.15, 0.2) is 5.78 Å². The lowest BCUT2D eigenvalue weighted by molar-refractivity contribution is -0.122. The van der Waals surface area contributed by atoms with Gasteiger partial charge in [0.2, 0.25) is 0 Å². The molecule has 0 saturated carbocycles. The molecule has 0 aromatic heterocycles. The summed E-state index contributed by atoms with van der Waals surface area (Å²) < 4.78 is 4.99. The molecule has 1 aliphatic rings. The molecule has 1 aliphatic heterocycles. The van der Waals surface area contributed by atoms with Gasteiger partial charge in [0.05, 0.1) is 6.61 Å². The highest BCUT2D eigenvalue weighted by atomic mass is 16.5. The molecule has 5 heteroatoms. The third-order valence-electron chi connectivity index (χ3n) is 2.88. The molecular formula is C12H22N2O3. The van der Waals surface area contributed by atoms with E-state index in [1.807, 2.05) is 11.8 Å². The van der Waals surface area contributed by atoms with Crippen LogP contribution in [0, 0.1) is 0 Å². The van der Waals surface area contributed by atoms with Gasteiger partial charge in [0.25, 0.3) is 0 Å². The summed E-state index contributed by atoms with van der Waals surface area (Å²) in [6.07, 6.45) is 2.97. The minimum Gasteiger partial charge on any atom is -0.450 e. The molecule has 98 valence electrons. The van der Waals surface area contributed by atoms with Crippen LogP contribution in [-0.2, 0) is 9.53 Å². The zero-order valence-electron chi connectivity index (χ0n) is 10.7. The molecule has 1 rings (SSSR count). The van der Waals surface area contributed by atoms with Gasteiger partial charge in [-0.3, -0.25) is 15.0 Å². The standard InChI is InChI=1S/C12H22N2O3/c1-3-4-9-17-12(16)13-11(10(2)15)14-7-5-6-8-14/h11H,3-9H2,1-2H3,(H,13,16). The maximum Gasteiger partial charge on any atom is 0.408 e. The first-order valence-electron chi connectivity index (χ1n) is 6.33. The molecule has 1 amide bonds. The van der Waals surface area contributed by atoms with E-state index >= 15 is 0 Å². The number of amides is 1. The zero-order valence-corrected chi connectivity index (χ0v) is 10.7. The topological polar surface area (TPSA) is 58.6 Å². The van der Waals surface area contributed by atoms with Gasteiger partial charge in [0.1, 0.15) is 6.17 Å². The third-order valence-corrected chi connectivity index (χ3v) is 2.88. The summed E-state index contributed by atoms with van der Waals surface area (Å²) in [5.74, 6) is -0.0423. The first-order chi connectivity index (χ1) is 8.15. The van der Waals surface area contributed by atoms with Gasteiger partial charge in [-0.05, 0) is 26.2 Å². The minimum atomic E-state index is -0.522. The molecule has 1 unspecified atom stereocenters. The van der Waals surface area contributed by atoms with Crippen molar-refractivity contribution in [3.05, 3.63) is 0 Å². The Hall–Kier alpha value is -1.10. The molecular weight excluding hydrogens is 220 g/mol. The van der Waals surface area contributed by atoms with Crippen molar-refractivity contribution in [2.45, 2.75) is 45.7 Å². The monoisotopic (exact) mass is 242 g/mol. The van der Waals surface area contributed by atoms with Crippen molar-refractivity contribution in [2.24, 2.45) is 0 Å². The van der Waals surface area contributed by atoms with Crippen molar-refractivity contribution >= 4 is 11.9 Å². The Kier molecular flexibility index (Phi) is 5.97. The number of nitrogens with zero attached hydrogens (tertiary/aromatic N) is 1. The number of carbonyl (C=O) groups excluding carboxylic acids is 2. The number of nitrogens with one attached hydrogen (secondary N) is 1. The lowest BCUT2D eigenvalue weighted by Crippen LogP contribution is -2.51. The first kappa shape index (κ1) is 14.0. The van der Waals surface area contributed by atoms with E-state index in [0.29, 0.717) is 6.61 Å². The summed E-state index contributed by atoms with van der Waals surface area (Å²) in [5, 5.41) is 2.63. The highest BCUT2D eigenvalue weighted by Gasteiger charge is 2.27. The maximum atomic E-state index is 11.5. The minimum absolute atomic E-state index is 0.0423. The number of unbranched alkanes of at least 4 members (excludes halogenated alkanes) is 1. The number of rotatable bonds is 6. The van der Waals surface area contributed by atoms with E-state index in [9.17, 15) is 9.59 Å².